The summed E-state index contributed by atoms with van der Waals surface area (Å²) in [5, 5.41) is 3.35. The molecule has 1 aromatic carbocycles. The van der Waals surface area contributed by atoms with Crippen molar-refractivity contribution in [3.8, 4) is 5.75 Å². The Hall–Kier alpha value is -1.94. The summed E-state index contributed by atoms with van der Waals surface area (Å²) in [5.41, 5.74) is 2.00. The molecule has 0 spiro atoms. The van der Waals surface area contributed by atoms with E-state index in [1.807, 2.05) is 38.2 Å². The van der Waals surface area contributed by atoms with E-state index >= 15 is 0 Å². The molecule has 0 unspecified atom stereocenters. The van der Waals surface area contributed by atoms with E-state index in [4.69, 9.17) is 4.74 Å². The number of hydrogen-bond donors (Lipinski definition) is 1. The molecule has 0 aliphatic carbocycles. The fraction of sp³-hybridized carbons (Fsp3) is 0.312. The summed E-state index contributed by atoms with van der Waals surface area (Å²) in [4.78, 5) is 4.07. The molecule has 2 rings (SSSR count). The van der Waals surface area contributed by atoms with Gasteiger partial charge in [-0.15, -0.1) is 0 Å². The van der Waals surface area contributed by atoms with Crippen LogP contribution in [-0.2, 0) is 6.54 Å². The summed E-state index contributed by atoms with van der Waals surface area (Å²) in [6.45, 7) is 5.01. The molecular weight excluding hydrogens is 255 g/mol. The smallest absolute Gasteiger partial charge is 0.165 e. The molecule has 1 atom stereocenters. The van der Waals surface area contributed by atoms with E-state index in [1.165, 1.54) is 6.07 Å². The first-order valence-electron chi connectivity index (χ1n) is 6.75. The molecule has 0 bridgehead atoms. The van der Waals surface area contributed by atoms with Gasteiger partial charge in [0.25, 0.3) is 0 Å². The number of pyridine rings is 1. The molecule has 0 saturated carbocycles. The first-order chi connectivity index (χ1) is 9.70. The highest BCUT2D eigenvalue weighted by molar-refractivity contribution is 5.31. The zero-order valence-corrected chi connectivity index (χ0v) is 11.8. The van der Waals surface area contributed by atoms with Crippen LogP contribution >= 0.6 is 0 Å². The van der Waals surface area contributed by atoms with Crippen molar-refractivity contribution in [3.63, 3.8) is 0 Å². The second kappa shape index (κ2) is 7.01. The lowest BCUT2D eigenvalue weighted by molar-refractivity contribution is 0.321. The third kappa shape index (κ3) is 3.78. The second-order valence-electron chi connectivity index (χ2n) is 4.59. The molecule has 4 heteroatoms. The number of ether oxygens (including phenoxy) is 1. The average molecular weight is 274 g/mol. The van der Waals surface area contributed by atoms with Crippen LogP contribution in [0.2, 0.25) is 0 Å². The molecule has 0 fully saturated rings. The molecule has 1 aromatic heterocycles. The van der Waals surface area contributed by atoms with Gasteiger partial charge < -0.3 is 10.1 Å². The van der Waals surface area contributed by atoms with Crippen LogP contribution in [0.3, 0.4) is 0 Å². The van der Waals surface area contributed by atoms with E-state index in [-0.39, 0.29) is 11.9 Å². The molecule has 0 amide bonds. The third-order valence-corrected chi connectivity index (χ3v) is 3.09. The van der Waals surface area contributed by atoms with Crippen molar-refractivity contribution in [3.05, 3.63) is 59.7 Å². The quantitative estimate of drug-likeness (QED) is 0.875. The number of benzene rings is 1. The van der Waals surface area contributed by atoms with Crippen molar-refractivity contribution >= 4 is 0 Å². The Labute approximate surface area is 118 Å². The van der Waals surface area contributed by atoms with Crippen LogP contribution in [0.15, 0.2) is 42.7 Å². The Kier molecular flexibility index (Phi) is 5.07. The SMILES string of the molecule is CCOc1ccc([C@H](C)NCc2cccnc2)cc1F. The molecule has 2 aromatic rings. The Balaban J connectivity index is 1.98. The van der Waals surface area contributed by atoms with Crippen molar-refractivity contribution in [2.45, 2.75) is 26.4 Å². The fourth-order valence-electron chi connectivity index (χ4n) is 1.95. The van der Waals surface area contributed by atoms with Crippen molar-refractivity contribution in [2.75, 3.05) is 6.61 Å². The highest BCUT2D eigenvalue weighted by Crippen LogP contribution is 2.22. The molecule has 106 valence electrons. The van der Waals surface area contributed by atoms with Gasteiger partial charge in [-0.1, -0.05) is 12.1 Å². The maximum absolute atomic E-state index is 13.8. The zero-order valence-electron chi connectivity index (χ0n) is 11.8. The van der Waals surface area contributed by atoms with Gasteiger partial charge in [0.2, 0.25) is 0 Å². The largest absolute Gasteiger partial charge is 0.491 e. The number of halogens is 1. The Bertz CT molecular complexity index is 545. The second-order valence-corrected chi connectivity index (χ2v) is 4.59. The van der Waals surface area contributed by atoms with Gasteiger partial charge in [0.15, 0.2) is 11.6 Å². The normalized spacial score (nSPS) is 12.2. The average Bonchev–Trinajstić information content (AvgIpc) is 2.48. The Morgan fingerprint density at radius 2 is 2.20 bits per heavy atom. The highest BCUT2D eigenvalue weighted by Gasteiger charge is 2.09. The number of nitrogens with zero attached hydrogens (tertiary/aromatic N) is 1. The molecular formula is C16H19FN2O. The van der Waals surface area contributed by atoms with E-state index in [0.717, 1.165) is 11.1 Å². The molecule has 0 aliphatic heterocycles. The van der Waals surface area contributed by atoms with Crippen LogP contribution in [0.5, 0.6) is 5.75 Å². The summed E-state index contributed by atoms with van der Waals surface area (Å²) in [7, 11) is 0. The van der Waals surface area contributed by atoms with Gasteiger partial charge in [-0.05, 0) is 43.2 Å². The molecule has 3 nitrogen and oxygen atoms in total. The van der Waals surface area contributed by atoms with Gasteiger partial charge in [0.1, 0.15) is 0 Å². The maximum Gasteiger partial charge on any atom is 0.165 e. The van der Waals surface area contributed by atoms with Gasteiger partial charge in [-0.2, -0.15) is 0 Å². The van der Waals surface area contributed by atoms with Gasteiger partial charge in [0, 0.05) is 25.0 Å². The maximum atomic E-state index is 13.8. The number of aromatic nitrogens is 1. The summed E-state index contributed by atoms with van der Waals surface area (Å²) in [6, 6.07) is 9.04. The van der Waals surface area contributed by atoms with E-state index < -0.39 is 0 Å². The van der Waals surface area contributed by atoms with Gasteiger partial charge in [-0.3, -0.25) is 4.98 Å². The topological polar surface area (TPSA) is 34.1 Å². The predicted molar refractivity (Wildman–Crippen MR) is 77.1 cm³/mol. The van der Waals surface area contributed by atoms with Crippen LogP contribution in [-0.4, -0.2) is 11.6 Å². The Morgan fingerprint density at radius 1 is 1.35 bits per heavy atom. The minimum absolute atomic E-state index is 0.0559. The minimum Gasteiger partial charge on any atom is -0.491 e. The summed E-state index contributed by atoms with van der Waals surface area (Å²) >= 11 is 0. The Morgan fingerprint density at radius 3 is 2.85 bits per heavy atom. The van der Waals surface area contributed by atoms with E-state index in [2.05, 4.69) is 10.3 Å². The van der Waals surface area contributed by atoms with Crippen molar-refractivity contribution in [1.29, 1.82) is 0 Å². The standard InChI is InChI=1S/C16H19FN2O/c1-3-20-16-7-6-14(9-15(16)17)12(2)19-11-13-5-4-8-18-10-13/h4-10,12,19H,3,11H2,1-2H3/t12-/m0/s1. The monoisotopic (exact) mass is 274 g/mol. The van der Waals surface area contributed by atoms with E-state index in [9.17, 15) is 4.39 Å². The van der Waals surface area contributed by atoms with Crippen LogP contribution in [0, 0.1) is 5.82 Å². The first kappa shape index (κ1) is 14.5. The molecule has 20 heavy (non-hydrogen) atoms. The van der Waals surface area contributed by atoms with Gasteiger partial charge >= 0.3 is 0 Å². The lowest BCUT2D eigenvalue weighted by Gasteiger charge is -2.15. The number of nitrogens with one attached hydrogen (secondary N) is 1. The molecule has 0 aliphatic rings. The van der Waals surface area contributed by atoms with Crippen LogP contribution < -0.4 is 10.1 Å². The summed E-state index contributed by atoms with van der Waals surface area (Å²) in [6.07, 6.45) is 3.56. The zero-order chi connectivity index (χ0) is 14.4. The molecule has 1 N–H and O–H groups in total. The third-order valence-electron chi connectivity index (χ3n) is 3.09. The number of hydrogen-bond acceptors (Lipinski definition) is 3. The fourth-order valence-corrected chi connectivity index (χ4v) is 1.95. The summed E-state index contributed by atoms with van der Waals surface area (Å²) in [5.74, 6) is -0.0184. The van der Waals surface area contributed by atoms with Crippen molar-refractivity contribution in [2.24, 2.45) is 0 Å². The van der Waals surface area contributed by atoms with Crippen molar-refractivity contribution in [1.82, 2.24) is 10.3 Å². The number of rotatable bonds is 6. The van der Waals surface area contributed by atoms with Gasteiger partial charge in [-0.25, -0.2) is 4.39 Å². The molecule has 1 heterocycles. The van der Waals surface area contributed by atoms with Crippen LogP contribution in [0.25, 0.3) is 0 Å². The predicted octanol–water partition coefficient (Wildman–Crippen LogP) is 3.47. The minimum atomic E-state index is -0.320. The van der Waals surface area contributed by atoms with Crippen LogP contribution in [0.1, 0.15) is 31.0 Å². The van der Waals surface area contributed by atoms with E-state index in [0.29, 0.717) is 18.9 Å². The first-order valence-corrected chi connectivity index (χ1v) is 6.75. The lowest BCUT2D eigenvalue weighted by atomic mass is 10.1. The van der Waals surface area contributed by atoms with Crippen molar-refractivity contribution < 1.29 is 9.13 Å². The highest BCUT2D eigenvalue weighted by atomic mass is 19.1. The lowest BCUT2D eigenvalue weighted by Crippen LogP contribution is -2.18. The van der Waals surface area contributed by atoms with Crippen LogP contribution in [0.4, 0.5) is 4.39 Å². The van der Waals surface area contributed by atoms with E-state index in [1.54, 1.807) is 12.3 Å². The molecule has 0 radical (unpaired) electrons. The summed E-state index contributed by atoms with van der Waals surface area (Å²) < 4.78 is 19.0. The van der Waals surface area contributed by atoms with Gasteiger partial charge in [0.05, 0.1) is 6.61 Å². The molecule has 0 saturated heterocycles.